The van der Waals surface area contributed by atoms with Gasteiger partial charge in [0.15, 0.2) is 0 Å². The Hall–Kier alpha value is -1.82. The van der Waals surface area contributed by atoms with Crippen LogP contribution < -0.4 is 5.32 Å². The highest BCUT2D eigenvalue weighted by atomic mass is 19.1. The zero-order chi connectivity index (χ0) is 12.4. The van der Waals surface area contributed by atoms with Gasteiger partial charge in [0, 0.05) is 11.8 Å². The normalized spacial score (nSPS) is 19.9. The number of piperidine rings is 1. The molecule has 1 aliphatic heterocycles. The molecule has 0 spiro atoms. The smallest absolute Gasteiger partial charge is 0.244 e. The monoisotopic (exact) mass is 248 g/mol. The zero-order valence-corrected chi connectivity index (χ0v) is 9.77. The van der Waals surface area contributed by atoms with E-state index in [2.05, 4.69) is 20.4 Å². The summed E-state index contributed by atoms with van der Waals surface area (Å²) in [5.41, 5.74) is 0.529. The molecule has 5 nitrogen and oxygen atoms in total. The summed E-state index contributed by atoms with van der Waals surface area (Å²) in [4.78, 5) is 8.07. The standard InChI is InChI=1S/C12H13FN4O/c13-9-5-8(6-14-7-9)11-16-12(18-17-11)10-3-1-2-4-15-10/h5-7,10,15H,1-4H2. The third-order valence-corrected chi connectivity index (χ3v) is 3.01. The van der Waals surface area contributed by atoms with Crippen molar-refractivity contribution in [3.8, 4) is 11.4 Å². The molecule has 94 valence electrons. The van der Waals surface area contributed by atoms with Gasteiger partial charge in [-0.3, -0.25) is 4.98 Å². The summed E-state index contributed by atoms with van der Waals surface area (Å²) < 4.78 is 18.3. The third-order valence-electron chi connectivity index (χ3n) is 3.01. The van der Waals surface area contributed by atoms with Crippen molar-refractivity contribution < 1.29 is 8.91 Å². The van der Waals surface area contributed by atoms with Gasteiger partial charge in [-0.25, -0.2) is 4.39 Å². The van der Waals surface area contributed by atoms with Crippen molar-refractivity contribution in [2.75, 3.05) is 6.54 Å². The van der Waals surface area contributed by atoms with E-state index in [9.17, 15) is 4.39 Å². The lowest BCUT2D eigenvalue weighted by Gasteiger charge is -2.19. The minimum Gasteiger partial charge on any atom is -0.337 e. The van der Waals surface area contributed by atoms with E-state index in [0.717, 1.165) is 25.6 Å². The molecule has 3 heterocycles. The number of rotatable bonds is 2. The van der Waals surface area contributed by atoms with Crippen LogP contribution in [0.15, 0.2) is 23.0 Å². The molecule has 0 amide bonds. The highest BCUT2D eigenvalue weighted by molar-refractivity contribution is 5.52. The Labute approximate surface area is 103 Å². The average Bonchev–Trinajstić information content (AvgIpc) is 2.89. The molecule has 1 N–H and O–H groups in total. The summed E-state index contributed by atoms with van der Waals surface area (Å²) >= 11 is 0. The van der Waals surface area contributed by atoms with Crippen molar-refractivity contribution in [1.82, 2.24) is 20.4 Å². The van der Waals surface area contributed by atoms with Crippen LogP contribution in [0.25, 0.3) is 11.4 Å². The summed E-state index contributed by atoms with van der Waals surface area (Å²) in [5.74, 6) is 0.535. The largest absolute Gasteiger partial charge is 0.337 e. The molecule has 0 saturated carbocycles. The molecular formula is C12H13FN4O. The molecule has 6 heteroatoms. The molecule has 0 radical (unpaired) electrons. The quantitative estimate of drug-likeness (QED) is 0.881. The van der Waals surface area contributed by atoms with Gasteiger partial charge in [0.25, 0.3) is 0 Å². The first-order valence-electron chi connectivity index (χ1n) is 6.01. The first kappa shape index (κ1) is 11.3. The number of pyridine rings is 1. The fourth-order valence-electron chi connectivity index (χ4n) is 2.09. The van der Waals surface area contributed by atoms with Gasteiger partial charge in [-0.05, 0) is 25.5 Å². The number of nitrogens with zero attached hydrogens (tertiary/aromatic N) is 3. The minimum atomic E-state index is -0.408. The van der Waals surface area contributed by atoms with Crippen molar-refractivity contribution in [2.24, 2.45) is 0 Å². The van der Waals surface area contributed by atoms with E-state index in [1.807, 2.05) is 0 Å². The van der Waals surface area contributed by atoms with E-state index < -0.39 is 5.82 Å². The lowest BCUT2D eigenvalue weighted by atomic mass is 10.1. The lowest BCUT2D eigenvalue weighted by molar-refractivity contribution is 0.297. The van der Waals surface area contributed by atoms with Gasteiger partial charge >= 0.3 is 0 Å². The van der Waals surface area contributed by atoms with E-state index in [4.69, 9.17) is 4.52 Å². The summed E-state index contributed by atoms with van der Waals surface area (Å²) in [6.07, 6.45) is 5.98. The van der Waals surface area contributed by atoms with Gasteiger partial charge in [-0.2, -0.15) is 4.98 Å². The molecule has 1 aliphatic rings. The van der Waals surface area contributed by atoms with Crippen LogP contribution in [0.2, 0.25) is 0 Å². The fraction of sp³-hybridized carbons (Fsp3) is 0.417. The van der Waals surface area contributed by atoms with Crippen LogP contribution in [0.3, 0.4) is 0 Å². The summed E-state index contributed by atoms with van der Waals surface area (Å²) in [7, 11) is 0. The summed E-state index contributed by atoms with van der Waals surface area (Å²) in [5, 5.41) is 7.20. The van der Waals surface area contributed by atoms with Crippen LogP contribution in [-0.4, -0.2) is 21.7 Å². The van der Waals surface area contributed by atoms with E-state index in [1.165, 1.54) is 18.7 Å². The van der Waals surface area contributed by atoms with Crippen LogP contribution >= 0.6 is 0 Å². The number of nitrogens with one attached hydrogen (secondary N) is 1. The van der Waals surface area contributed by atoms with Crippen LogP contribution in [0.5, 0.6) is 0 Å². The first-order valence-corrected chi connectivity index (χ1v) is 6.01. The van der Waals surface area contributed by atoms with E-state index in [0.29, 0.717) is 17.3 Å². The van der Waals surface area contributed by atoms with Crippen LogP contribution in [0, 0.1) is 5.82 Å². The maximum Gasteiger partial charge on any atom is 0.244 e. The molecule has 0 aromatic carbocycles. The number of aromatic nitrogens is 3. The predicted molar refractivity (Wildman–Crippen MR) is 62.1 cm³/mol. The summed E-state index contributed by atoms with van der Waals surface area (Å²) in [6.45, 7) is 0.962. The van der Waals surface area contributed by atoms with Crippen molar-refractivity contribution in [1.29, 1.82) is 0 Å². The zero-order valence-electron chi connectivity index (χ0n) is 9.77. The molecule has 2 aromatic heterocycles. The van der Waals surface area contributed by atoms with Gasteiger partial charge in [-0.1, -0.05) is 11.6 Å². The number of halogens is 1. The van der Waals surface area contributed by atoms with Gasteiger partial charge < -0.3 is 9.84 Å². The van der Waals surface area contributed by atoms with E-state index in [-0.39, 0.29) is 6.04 Å². The highest BCUT2D eigenvalue weighted by Gasteiger charge is 2.21. The van der Waals surface area contributed by atoms with Gasteiger partial charge in [0.2, 0.25) is 11.7 Å². The second-order valence-electron chi connectivity index (χ2n) is 4.35. The lowest BCUT2D eigenvalue weighted by Crippen LogP contribution is -2.26. The van der Waals surface area contributed by atoms with Crippen molar-refractivity contribution in [3.05, 3.63) is 30.2 Å². The Morgan fingerprint density at radius 2 is 2.28 bits per heavy atom. The van der Waals surface area contributed by atoms with Crippen LogP contribution in [0.4, 0.5) is 4.39 Å². The maximum absolute atomic E-state index is 13.1. The Bertz CT molecular complexity index is 536. The van der Waals surface area contributed by atoms with Gasteiger partial charge in [0.1, 0.15) is 5.82 Å². The maximum atomic E-state index is 13.1. The molecular weight excluding hydrogens is 235 g/mol. The molecule has 18 heavy (non-hydrogen) atoms. The van der Waals surface area contributed by atoms with Crippen LogP contribution in [0.1, 0.15) is 31.2 Å². The van der Waals surface area contributed by atoms with Crippen molar-refractivity contribution in [3.63, 3.8) is 0 Å². The molecule has 1 fully saturated rings. The Morgan fingerprint density at radius 1 is 1.33 bits per heavy atom. The van der Waals surface area contributed by atoms with E-state index in [1.54, 1.807) is 0 Å². The molecule has 0 bridgehead atoms. The number of hydrogen-bond donors (Lipinski definition) is 1. The predicted octanol–water partition coefficient (Wildman–Crippen LogP) is 2.09. The van der Waals surface area contributed by atoms with Gasteiger partial charge in [0.05, 0.1) is 12.2 Å². The second-order valence-corrected chi connectivity index (χ2v) is 4.35. The molecule has 3 rings (SSSR count). The number of hydrogen-bond acceptors (Lipinski definition) is 5. The van der Waals surface area contributed by atoms with Crippen molar-refractivity contribution >= 4 is 0 Å². The third kappa shape index (κ3) is 2.24. The Morgan fingerprint density at radius 3 is 3.06 bits per heavy atom. The molecule has 2 aromatic rings. The first-order chi connectivity index (χ1) is 8.83. The Balaban J connectivity index is 1.84. The molecule has 1 atom stereocenters. The summed E-state index contributed by atoms with van der Waals surface area (Å²) in [6, 6.07) is 1.46. The topological polar surface area (TPSA) is 63.8 Å². The SMILES string of the molecule is Fc1cncc(-c2noc(C3CCCCN3)n2)c1. The van der Waals surface area contributed by atoms with E-state index >= 15 is 0 Å². The minimum absolute atomic E-state index is 0.113. The van der Waals surface area contributed by atoms with Crippen LogP contribution in [-0.2, 0) is 0 Å². The fourth-order valence-corrected chi connectivity index (χ4v) is 2.09. The second kappa shape index (κ2) is 4.81. The highest BCUT2D eigenvalue weighted by Crippen LogP contribution is 2.23. The Kier molecular flexibility index (Phi) is 3.02. The molecule has 1 unspecified atom stereocenters. The van der Waals surface area contributed by atoms with Gasteiger partial charge in [-0.15, -0.1) is 0 Å². The molecule has 0 aliphatic carbocycles. The molecule has 1 saturated heterocycles. The average molecular weight is 248 g/mol. The van der Waals surface area contributed by atoms with Crippen molar-refractivity contribution in [2.45, 2.75) is 25.3 Å².